The van der Waals surface area contributed by atoms with Crippen molar-refractivity contribution in [3.05, 3.63) is 0 Å². The number of hydrogen-bond donors (Lipinski definition) is 2. The molecule has 1 saturated carbocycles. The predicted octanol–water partition coefficient (Wildman–Crippen LogP) is 2.48. The second kappa shape index (κ2) is 5.38. The van der Waals surface area contributed by atoms with Gasteiger partial charge < -0.3 is 10.4 Å². The highest BCUT2D eigenvalue weighted by atomic mass is 16.3. The molecule has 17 heavy (non-hydrogen) atoms. The van der Waals surface area contributed by atoms with Crippen molar-refractivity contribution in [2.45, 2.75) is 65.4 Å². The smallest absolute Gasteiger partial charge is 0.223 e. The average molecular weight is 241 g/mol. The highest BCUT2D eigenvalue weighted by molar-refractivity contribution is 5.79. The molecule has 1 rings (SSSR count). The van der Waals surface area contributed by atoms with Crippen molar-refractivity contribution in [3.63, 3.8) is 0 Å². The summed E-state index contributed by atoms with van der Waals surface area (Å²) >= 11 is 0. The molecule has 1 atom stereocenters. The Bertz CT molecular complexity index is 269. The molecule has 100 valence electrons. The summed E-state index contributed by atoms with van der Waals surface area (Å²) in [4.78, 5) is 12.1. The van der Waals surface area contributed by atoms with Gasteiger partial charge in [0.15, 0.2) is 0 Å². The van der Waals surface area contributed by atoms with Crippen LogP contribution in [0.4, 0.5) is 0 Å². The summed E-state index contributed by atoms with van der Waals surface area (Å²) in [6, 6.07) is 0. The number of aliphatic hydroxyl groups is 1. The zero-order chi connectivity index (χ0) is 13.1. The molecule has 0 spiro atoms. The first-order valence-corrected chi connectivity index (χ1v) is 6.85. The summed E-state index contributed by atoms with van der Waals surface area (Å²) < 4.78 is 0. The van der Waals surface area contributed by atoms with Gasteiger partial charge in [-0.15, -0.1) is 0 Å². The molecule has 1 unspecified atom stereocenters. The molecule has 0 aromatic heterocycles. The molecule has 1 amide bonds. The van der Waals surface area contributed by atoms with Crippen LogP contribution in [0.25, 0.3) is 0 Å². The van der Waals surface area contributed by atoms with E-state index < -0.39 is 5.60 Å². The molecule has 1 aliphatic carbocycles. The lowest BCUT2D eigenvalue weighted by Crippen LogP contribution is -2.45. The quantitative estimate of drug-likeness (QED) is 0.777. The highest BCUT2D eigenvalue weighted by Crippen LogP contribution is 2.42. The summed E-state index contributed by atoms with van der Waals surface area (Å²) in [6.45, 7) is 8.61. The normalized spacial score (nSPS) is 23.7. The molecule has 1 fully saturated rings. The van der Waals surface area contributed by atoms with Crippen LogP contribution in [0, 0.1) is 11.3 Å². The largest absolute Gasteiger partial charge is 0.388 e. The Hall–Kier alpha value is -0.570. The van der Waals surface area contributed by atoms with Gasteiger partial charge in [-0.2, -0.15) is 0 Å². The van der Waals surface area contributed by atoms with Crippen LogP contribution in [0.3, 0.4) is 0 Å². The first kappa shape index (κ1) is 14.5. The molecule has 3 nitrogen and oxygen atoms in total. The molecule has 0 aromatic rings. The predicted molar refractivity (Wildman–Crippen MR) is 69.7 cm³/mol. The van der Waals surface area contributed by atoms with Gasteiger partial charge in [-0.3, -0.25) is 4.79 Å². The Morgan fingerprint density at radius 3 is 2.41 bits per heavy atom. The van der Waals surface area contributed by atoms with Gasteiger partial charge in [-0.1, -0.05) is 34.1 Å². The van der Waals surface area contributed by atoms with E-state index in [0.29, 0.717) is 19.4 Å². The fourth-order valence-corrected chi connectivity index (χ4v) is 2.69. The van der Waals surface area contributed by atoms with E-state index in [-0.39, 0.29) is 17.2 Å². The average Bonchev–Trinajstić information content (AvgIpc) is 2.65. The number of rotatable bonds is 5. The van der Waals surface area contributed by atoms with E-state index in [2.05, 4.69) is 19.2 Å². The van der Waals surface area contributed by atoms with Crippen LogP contribution in [0.2, 0.25) is 0 Å². The standard InChI is InChI=1S/C14H27NO2/c1-5-14(17,6-2)10-15-12(16)11-8-7-9-13(11,3)4/h11,17H,5-10H2,1-4H3,(H,15,16). The van der Waals surface area contributed by atoms with E-state index in [4.69, 9.17) is 0 Å². The molecular weight excluding hydrogens is 214 g/mol. The molecule has 0 saturated heterocycles. The lowest BCUT2D eigenvalue weighted by atomic mass is 9.81. The van der Waals surface area contributed by atoms with Crippen molar-refractivity contribution < 1.29 is 9.90 Å². The van der Waals surface area contributed by atoms with E-state index >= 15 is 0 Å². The Labute approximate surface area is 105 Å². The van der Waals surface area contributed by atoms with Crippen molar-refractivity contribution >= 4 is 5.91 Å². The number of hydrogen-bond acceptors (Lipinski definition) is 2. The second-order valence-corrected chi connectivity index (χ2v) is 6.08. The summed E-state index contributed by atoms with van der Waals surface area (Å²) in [6.07, 6.45) is 4.60. The zero-order valence-electron chi connectivity index (χ0n) is 11.7. The topological polar surface area (TPSA) is 49.3 Å². The fraction of sp³-hybridized carbons (Fsp3) is 0.929. The third-order valence-electron chi connectivity index (χ3n) is 4.48. The van der Waals surface area contributed by atoms with E-state index in [9.17, 15) is 9.90 Å². The molecule has 0 radical (unpaired) electrons. The van der Waals surface area contributed by atoms with Gasteiger partial charge in [0.25, 0.3) is 0 Å². The van der Waals surface area contributed by atoms with E-state index in [1.54, 1.807) is 0 Å². The van der Waals surface area contributed by atoms with Gasteiger partial charge in [-0.05, 0) is 31.1 Å². The molecule has 0 aromatic carbocycles. The maximum atomic E-state index is 12.1. The second-order valence-electron chi connectivity index (χ2n) is 6.08. The number of carbonyl (C=O) groups excluding carboxylic acids is 1. The first-order chi connectivity index (χ1) is 7.84. The molecule has 0 bridgehead atoms. The van der Waals surface area contributed by atoms with Gasteiger partial charge in [0, 0.05) is 12.5 Å². The highest BCUT2D eigenvalue weighted by Gasteiger charge is 2.39. The molecule has 0 heterocycles. The van der Waals surface area contributed by atoms with Crippen molar-refractivity contribution in [3.8, 4) is 0 Å². The van der Waals surface area contributed by atoms with Crippen LogP contribution in [0.15, 0.2) is 0 Å². The Kier molecular flexibility index (Phi) is 4.59. The maximum Gasteiger partial charge on any atom is 0.223 e. The minimum atomic E-state index is -0.738. The lowest BCUT2D eigenvalue weighted by molar-refractivity contribution is -0.129. The fourth-order valence-electron chi connectivity index (χ4n) is 2.69. The van der Waals surface area contributed by atoms with Crippen molar-refractivity contribution in [1.29, 1.82) is 0 Å². The van der Waals surface area contributed by atoms with Crippen LogP contribution in [-0.2, 0) is 4.79 Å². The van der Waals surface area contributed by atoms with Crippen molar-refractivity contribution in [1.82, 2.24) is 5.32 Å². The lowest BCUT2D eigenvalue weighted by Gasteiger charge is -2.29. The maximum absolute atomic E-state index is 12.1. The SMILES string of the molecule is CCC(O)(CC)CNC(=O)C1CCCC1(C)C. The summed E-state index contributed by atoms with van der Waals surface area (Å²) in [7, 11) is 0. The third-order valence-corrected chi connectivity index (χ3v) is 4.48. The molecule has 1 aliphatic rings. The Morgan fingerprint density at radius 2 is 2.00 bits per heavy atom. The number of carbonyl (C=O) groups is 1. The monoisotopic (exact) mass is 241 g/mol. The molecule has 2 N–H and O–H groups in total. The third kappa shape index (κ3) is 3.44. The van der Waals surface area contributed by atoms with Crippen molar-refractivity contribution in [2.24, 2.45) is 11.3 Å². The summed E-state index contributed by atoms with van der Waals surface area (Å²) in [5.74, 6) is 0.230. The van der Waals surface area contributed by atoms with Gasteiger partial charge in [-0.25, -0.2) is 0 Å². The summed E-state index contributed by atoms with van der Waals surface area (Å²) in [5, 5.41) is 13.1. The summed E-state index contributed by atoms with van der Waals surface area (Å²) in [5.41, 5.74) is -0.626. The number of nitrogens with one attached hydrogen (secondary N) is 1. The Morgan fingerprint density at radius 1 is 1.41 bits per heavy atom. The van der Waals surface area contributed by atoms with Crippen LogP contribution in [-0.4, -0.2) is 23.2 Å². The van der Waals surface area contributed by atoms with Gasteiger partial charge in [0.1, 0.15) is 0 Å². The number of amides is 1. The minimum absolute atomic E-state index is 0.112. The van der Waals surface area contributed by atoms with Crippen molar-refractivity contribution in [2.75, 3.05) is 6.54 Å². The minimum Gasteiger partial charge on any atom is -0.388 e. The Balaban J connectivity index is 2.50. The molecule has 0 aliphatic heterocycles. The van der Waals surface area contributed by atoms with Crippen LogP contribution in [0.1, 0.15) is 59.8 Å². The van der Waals surface area contributed by atoms with Gasteiger partial charge in [0.05, 0.1) is 5.60 Å². The van der Waals surface area contributed by atoms with E-state index in [1.807, 2.05) is 13.8 Å². The first-order valence-electron chi connectivity index (χ1n) is 6.85. The van der Waals surface area contributed by atoms with E-state index in [1.165, 1.54) is 0 Å². The van der Waals surface area contributed by atoms with E-state index in [0.717, 1.165) is 19.3 Å². The molecule has 3 heteroatoms. The zero-order valence-corrected chi connectivity index (χ0v) is 11.7. The van der Waals surface area contributed by atoms with Crippen LogP contribution in [0.5, 0.6) is 0 Å². The van der Waals surface area contributed by atoms with Crippen LogP contribution < -0.4 is 5.32 Å². The molecular formula is C14H27NO2. The van der Waals surface area contributed by atoms with Crippen LogP contribution >= 0.6 is 0 Å². The van der Waals surface area contributed by atoms with Gasteiger partial charge in [0.2, 0.25) is 5.91 Å². The van der Waals surface area contributed by atoms with Gasteiger partial charge >= 0.3 is 0 Å².